The molecule has 0 atom stereocenters. The van der Waals surface area contributed by atoms with E-state index < -0.39 is 126 Å². The fourth-order valence-electron chi connectivity index (χ4n) is 2.28. The van der Waals surface area contributed by atoms with Crippen LogP contribution in [0.5, 0.6) is 0 Å². The van der Waals surface area contributed by atoms with Gasteiger partial charge in [-0.05, 0) is 16.2 Å². The average molecular weight is 941 g/mol. The Morgan fingerprint density at radius 2 is 0.397 bits per heavy atom. The molecule has 0 aromatic carbocycles. The topological polar surface area (TPSA) is 119 Å². The molecule has 0 aromatic rings. The molecule has 0 bridgehead atoms. The summed E-state index contributed by atoms with van der Waals surface area (Å²) >= 11 is 0. The Bertz CT molecular complexity index is 1070. The smallest absolute Gasteiger partial charge is 0.225 e. The van der Waals surface area contributed by atoms with Crippen molar-refractivity contribution in [2.24, 2.45) is 16.2 Å². The average Bonchev–Trinajstić information content (AvgIpc) is 2.93. The minimum atomic E-state index is -6.61. The molecule has 16 radical (unpaired) electrons. The molecule has 0 unspecified atom stereocenters. The largest absolute Gasteiger partial charge is 3.00 e. The molecule has 0 aliphatic rings. The van der Waals surface area contributed by atoms with Crippen LogP contribution in [0.4, 0.5) is 92.2 Å². The van der Waals surface area contributed by atoms with Gasteiger partial charge in [-0.15, -0.1) is 0 Å². The van der Waals surface area contributed by atoms with Crippen molar-refractivity contribution >= 4 is 0 Å². The molecular weight excluding hydrogens is 911 g/mol. The van der Waals surface area contributed by atoms with E-state index in [0.717, 1.165) is 0 Å². The van der Waals surface area contributed by atoms with Crippen molar-refractivity contribution in [2.45, 2.75) is 116 Å². The predicted octanol–water partition coefficient (Wildman–Crippen LogP) is 12.0. The van der Waals surface area contributed by atoms with Crippen molar-refractivity contribution in [1.29, 1.82) is 0 Å². The maximum absolute atomic E-state index is 12.8. The van der Waals surface area contributed by atoms with Gasteiger partial charge in [-0.2, -0.15) is 92.2 Å². The number of hydrogen-bond acceptors (Lipinski definition) is 0. The molecule has 0 aliphatic carbocycles. The number of alkyl halides is 21. The Morgan fingerprint density at radius 3 is 0.483 bits per heavy atom. The van der Waals surface area contributed by atoms with E-state index in [1.807, 2.05) is 0 Å². The zero-order valence-electron chi connectivity index (χ0n) is 30.5. The van der Waals surface area contributed by atoms with E-state index in [0.29, 0.717) is 0 Å². The molecule has 6 nitrogen and oxygen atoms in total. The Kier molecular flexibility index (Phi) is 21.8. The Labute approximate surface area is 328 Å². The minimum Gasteiger partial charge on any atom is -0.225 e. The van der Waals surface area contributed by atoms with Gasteiger partial charge in [0.15, 0.2) is 0 Å². The first kappa shape index (κ1) is 63.4. The predicted molar refractivity (Wildman–Crippen MR) is 143 cm³/mol. The normalized spacial score (nSPS) is 15.2. The van der Waals surface area contributed by atoms with Crippen LogP contribution in [-0.2, 0) is 47.7 Å². The van der Waals surface area contributed by atoms with Crippen LogP contribution < -0.4 is 0 Å². The van der Waals surface area contributed by atoms with Crippen LogP contribution in [0.15, 0.2) is 0 Å². The van der Waals surface area contributed by atoms with Crippen LogP contribution in [0.1, 0.15) is 62.3 Å². The second-order valence-electron chi connectivity index (χ2n) is 14.3. The summed E-state index contributed by atoms with van der Waals surface area (Å²) in [5.74, 6) is -37.8. The van der Waals surface area contributed by atoms with Crippen LogP contribution in [0.2, 0.25) is 0 Å². The summed E-state index contributed by atoms with van der Waals surface area (Å²) in [7, 11) is 0. The summed E-state index contributed by atoms with van der Waals surface area (Å²) in [5.41, 5.74) is -4.09. The molecule has 0 aromatic heterocycles. The van der Waals surface area contributed by atoms with Gasteiger partial charge < -0.3 is 0 Å². The molecule has 0 spiro atoms. The molecule has 28 heteroatoms. The summed E-state index contributed by atoms with van der Waals surface area (Å²) in [6.45, 7) is 10.6. The van der Waals surface area contributed by atoms with Crippen LogP contribution in [-0.4, -0.2) is 54.1 Å². The monoisotopic (exact) mass is 941 g/mol. The van der Waals surface area contributed by atoms with Gasteiger partial charge in [0.05, 0.1) is 0 Å². The summed E-state index contributed by atoms with van der Waals surface area (Å²) in [5, 5.41) is 65.9. The van der Waals surface area contributed by atoms with Crippen LogP contribution in [0.3, 0.4) is 0 Å². The van der Waals surface area contributed by atoms with Gasteiger partial charge in [-0.3, -0.25) is 0 Å². The van der Waals surface area contributed by atoms with Gasteiger partial charge in [0.25, 0.3) is 0 Å². The fraction of sp³-hybridized carbons (Fsp3) is 0.700. The van der Waals surface area contributed by atoms with Crippen molar-refractivity contribution < 1.29 is 140 Å². The maximum atomic E-state index is 12.8. The molecule has 58 heavy (non-hydrogen) atoms. The third-order valence-corrected chi connectivity index (χ3v) is 6.18. The van der Waals surface area contributed by atoms with Crippen molar-refractivity contribution in [1.82, 2.24) is 0 Å². The van der Waals surface area contributed by atoms with Crippen LogP contribution in [0.25, 0.3) is 0 Å². The fourth-order valence-corrected chi connectivity index (χ4v) is 2.28. The zero-order valence-corrected chi connectivity index (χ0v) is 31.6. The van der Waals surface area contributed by atoms with Crippen LogP contribution in [0, 0.1) is 72.1 Å². The summed E-state index contributed by atoms with van der Waals surface area (Å²) in [6, 6.07) is 0. The quantitative estimate of drug-likeness (QED) is 0.137. The number of halogens is 21. The Morgan fingerprint density at radius 1 is 0.276 bits per heavy atom. The molecule has 0 saturated heterocycles. The summed E-state index contributed by atoms with van der Waals surface area (Å²) in [4.78, 5) is 0. The SMILES string of the molecule is CC(C)(C)[C]([O])[CH][C]([O])C(F)(F)C(F)(F)C(F)(F)F.CC(C)(C)[C]([O])[CH][C]([O])C(F)(F)C(F)(F)C(F)(F)F.CC(C)(C)[C]([O])[CH][C]([O])C(F)(F)C(F)(F)C(F)(F)F.[Fe+3]. The van der Waals surface area contributed by atoms with E-state index in [1.54, 1.807) is 0 Å². The Balaban J connectivity index is -0.000000374. The molecule has 0 saturated carbocycles. The molecule has 0 aliphatic heterocycles. The van der Waals surface area contributed by atoms with Crippen LogP contribution >= 0.6 is 0 Å². The Hall–Kier alpha value is -1.19. The molecule has 338 valence electrons. The molecule has 0 heterocycles. The molecule has 0 fully saturated rings. The third kappa shape index (κ3) is 15.6. The van der Waals surface area contributed by atoms with Crippen molar-refractivity contribution in [3.63, 3.8) is 0 Å². The first-order chi connectivity index (χ1) is 24.1. The zero-order chi connectivity index (χ0) is 47.6. The molecular formula is C30H30F21FeO6+3. The molecule has 0 rings (SSSR count). The summed E-state index contributed by atoms with van der Waals surface area (Å²) in [6.07, 6.45) is -33.6. The van der Waals surface area contributed by atoms with Crippen molar-refractivity contribution in [2.75, 3.05) is 0 Å². The second kappa shape index (κ2) is 19.9. The second-order valence-corrected chi connectivity index (χ2v) is 14.3. The third-order valence-electron chi connectivity index (χ3n) is 6.18. The number of rotatable bonds is 12. The van der Waals surface area contributed by atoms with E-state index in [2.05, 4.69) is 0 Å². The van der Waals surface area contributed by atoms with E-state index >= 15 is 0 Å². The first-order valence-electron chi connectivity index (χ1n) is 14.4. The molecule has 0 N–H and O–H groups in total. The van der Waals surface area contributed by atoms with E-state index in [4.69, 9.17) is 0 Å². The summed E-state index contributed by atoms with van der Waals surface area (Å²) < 4.78 is 258. The van der Waals surface area contributed by atoms with E-state index in [-0.39, 0.29) is 17.1 Å². The van der Waals surface area contributed by atoms with Gasteiger partial charge in [-0.25, -0.2) is 30.6 Å². The molecule has 0 amide bonds. The number of hydrogen-bond donors (Lipinski definition) is 0. The van der Waals surface area contributed by atoms with Gasteiger partial charge >= 0.3 is 71.1 Å². The van der Waals surface area contributed by atoms with Gasteiger partial charge in [0, 0.05) is 19.3 Å². The van der Waals surface area contributed by atoms with Gasteiger partial charge in [0.1, 0.15) is 18.3 Å². The van der Waals surface area contributed by atoms with E-state index in [9.17, 15) is 123 Å². The first-order valence-corrected chi connectivity index (χ1v) is 14.4. The van der Waals surface area contributed by atoms with E-state index in [1.165, 1.54) is 62.3 Å². The van der Waals surface area contributed by atoms with Gasteiger partial charge in [-0.1, -0.05) is 62.3 Å². The maximum Gasteiger partial charge on any atom is 3.00 e. The standard InChI is InChI=1S/3C10H10F7O2.Fe/c3*1-7(2,3)5(18)4-6(19)8(11,12)9(13,14)10(15,16)17;/h3*4H,1-3H3;/q;;;+3. The van der Waals surface area contributed by atoms with Crippen molar-refractivity contribution in [3.8, 4) is 0 Å². The van der Waals surface area contributed by atoms with Crippen molar-refractivity contribution in [3.05, 3.63) is 55.9 Å². The van der Waals surface area contributed by atoms with Gasteiger partial charge in [0.2, 0.25) is 18.3 Å². The minimum absolute atomic E-state index is 0.